The Labute approximate surface area is 99.5 Å². The van der Waals surface area contributed by atoms with Crippen LogP contribution in [0.15, 0.2) is 29.4 Å². The van der Waals surface area contributed by atoms with Gasteiger partial charge in [0, 0.05) is 19.3 Å². The minimum atomic E-state index is 0.780. The van der Waals surface area contributed by atoms with Gasteiger partial charge in [-0.2, -0.15) is 0 Å². The van der Waals surface area contributed by atoms with E-state index in [1.54, 1.807) is 6.20 Å². The van der Waals surface area contributed by atoms with Crippen LogP contribution in [-0.2, 0) is 4.74 Å². The van der Waals surface area contributed by atoms with Gasteiger partial charge in [-0.05, 0) is 19.4 Å². The minimum Gasteiger partial charge on any atom is -0.378 e. The zero-order chi connectivity index (χ0) is 12.4. The maximum atomic E-state index is 5.29. The molecule has 0 aliphatic carbocycles. The molecule has 1 saturated heterocycles. The highest BCUT2D eigenvalue weighted by Crippen LogP contribution is 2.05. The van der Waals surface area contributed by atoms with Crippen molar-refractivity contribution in [2.45, 2.75) is 27.7 Å². The van der Waals surface area contributed by atoms with Crippen molar-refractivity contribution in [2.75, 3.05) is 26.3 Å². The van der Waals surface area contributed by atoms with Crippen LogP contribution in [0.5, 0.6) is 0 Å². The predicted molar refractivity (Wildman–Crippen MR) is 70.8 cm³/mol. The molecule has 1 fully saturated rings. The fraction of sp³-hybridized carbons (Fsp3) is 0.615. The molecule has 92 valence electrons. The summed E-state index contributed by atoms with van der Waals surface area (Å²) < 4.78 is 5.29. The van der Waals surface area contributed by atoms with E-state index in [4.69, 9.17) is 4.74 Å². The summed E-state index contributed by atoms with van der Waals surface area (Å²) in [5.41, 5.74) is 1.00. The number of nitrogens with zero attached hydrogens (tertiary/aromatic N) is 2. The Morgan fingerprint density at radius 2 is 1.88 bits per heavy atom. The summed E-state index contributed by atoms with van der Waals surface area (Å²) in [7, 11) is 0. The van der Waals surface area contributed by atoms with Crippen LogP contribution in [0.25, 0.3) is 0 Å². The molecule has 0 unspecified atom stereocenters. The summed E-state index contributed by atoms with van der Waals surface area (Å²) in [6.07, 6.45) is 3.73. The van der Waals surface area contributed by atoms with Gasteiger partial charge in [0.1, 0.15) is 5.84 Å². The maximum absolute atomic E-state index is 5.29. The molecule has 0 radical (unpaired) electrons. The van der Waals surface area contributed by atoms with Gasteiger partial charge in [-0.1, -0.05) is 26.5 Å². The van der Waals surface area contributed by atoms with Crippen molar-refractivity contribution in [3.8, 4) is 0 Å². The van der Waals surface area contributed by atoms with E-state index in [9.17, 15) is 0 Å². The molecule has 0 N–H and O–H groups in total. The second-order valence-electron chi connectivity index (χ2n) is 3.31. The molecule has 0 aromatic carbocycles. The van der Waals surface area contributed by atoms with Gasteiger partial charge < -0.3 is 9.64 Å². The molecule has 0 spiro atoms. The highest BCUT2D eigenvalue weighted by Gasteiger charge is 2.14. The molecule has 0 aromatic heterocycles. The molecule has 0 amide bonds. The number of ether oxygens (including phenoxy) is 1. The van der Waals surface area contributed by atoms with Gasteiger partial charge in [-0.25, -0.2) is 4.99 Å². The zero-order valence-electron chi connectivity index (χ0n) is 11.0. The fourth-order valence-corrected chi connectivity index (χ4v) is 1.38. The summed E-state index contributed by atoms with van der Waals surface area (Å²) in [5, 5.41) is 0. The lowest BCUT2D eigenvalue weighted by molar-refractivity contribution is 0.0682. The molecule has 0 saturated carbocycles. The van der Waals surface area contributed by atoms with Crippen molar-refractivity contribution in [1.29, 1.82) is 0 Å². The van der Waals surface area contributed by atoms with E-state index in [2.05, 4.69) is 16.5 Å². The molecule has 1 aliphatic heterocycles. The van der Waals surface area contributed by atoms with Crippen LogP contribution in [0.2, 0.25) is 0 Å². The topological polar surface area (TPSA) is 24.8 Å². The predicted octanol–water partition coefficient (Wildman–Crippen LogP) is 2.85. The number of hydrogen-bond donors (Lipinski definition) is 0. The molecule has 1 heterocycles. The van der Waals surface area contributed by atoms with Crippen molar-refractivity contribution in [3.05, 3.63) is 24.4 Å². The van der Waals surface area contributed by atoms with E-state index < -0.39 is 0 Å². The lowest BCUT2D eigenvalue weighted by atomic mass is 10.2. The molecular weight excluding hydrogens is 200 g/mol. The highest BCUT2D eigenvalue weighted by atomic mass is 16.5. The second kappa shape index (κ2) is 9.16. The number of morpholine rings is 1. The number of amidine groups is 1. The number of allylic oxidation sites excluding steroid dienone is 1. The molecule has 1 aliphatic rings. The lowest BCUT2D eigenvalue weighted by Crippen LogP contribution is -2.41. The number of hydrogen-bond acceptors (Lipinski definition) is 2. The van der Waals surface area contributed by atoms with Gasteiger partial charge in [-0.3, -0.25) is 0 Å². The van der Waals surface area contributed by atoms with Crippen LogP contribution >= 0.6 is 0 Å². The molecular formula is C13H24N2O. The van der Waals surface area contributed by atoms with Crippen LogP contribution < -0.4 is 0 Å². The van der Waals surface area contributed by atoms with Crippen LogP contribution in [0.4, 0.5) is 0 Å². The first-order valence-corrected chi connectivity index (χ1v) is 5.93. The molecule has 1 rings (SSSR count). The van der Waals surface area contributed by atoms with Crippen molar-refractivity contribution < 1.29 is 4.74 Å². The monoisotopic (exact) mass is 224 g/mol. The van der Waals surface area contributed by atoms with Crippen LogP contribution in [0.3, 0.4) is 0 Å². The van der Waals surface area contributed by atoms with Crippen molar-refractivity contribution >= 4 is 5.84 Å². The number of rotatable bonds is 2. The fourth-order valence-electron chi connectivity index (χ4n) is 1.38. The maximum Gasteiger partial charge on any atom is 0.130 e. The Morgan fingerprint density at radius 3 is 2.31 bits per heavy atom. The molecule has 0 bridgehead atoms. The third kappa shape index (κ3) is 5.12. The van der Waals surface area contributed by atoms with E-state index in [1.807, 2.05) is 33.8 Å². The molecule has 3 nitrogen and oxygen atoms in total. The molecule has 0 atom stereocenters. The molecule has 3 heteroatoms. The van der Waals surface area contributed by atoms with E-state index in [1.165, 1.54) is 0 Å². The minimum absolute atomic E-state index is 0.780. The van der Waals surface area contributed by atoms with E-state index >= 15 is 0 Å². The van der Waals surface area contributed by atoms with Crippen LogP contribution in [0.1, 0.15) is 27.7 Å². The van der Waals surface area contributed by atoms with Crippen LogP contribution in [-0.4, -0.2) is 37.0 Å². The molecule has 0 aromatic rings. The van der Waals surface area contributed by atoms with Gasteiger partial charge in [0.25, 0.3) is 0 Å². The number of aliphatic imine (C=N–C) groups is 1. The van der Waals surface area contributed by atoms with E-state index in [-0.39, 0.29) is 0 Å². The Morgan fingerprint density at radius 1 is 1.31 bits per heavy atom. The van der Waals surface area contributed by atoms with Crippen molar-refractivity contribution in [1.82, 2.24) is 4.90 Å². The van der Waals surface area contributed by atoms with E-state index in [0.717, 1.165) is 37.7 Å². The second-order valence-corrected chi connectivity index (χ2v) is 3.31. The van der Waals surface area contributed by atoms with Crippen LogP contribution in [0, 0.1) is 0 Å². The first-order valence-electron chi connectivity index (χ1n) is 5.93. The Kier molecular flexibility index (Phi) is 8.53. The van der Waals surface area contributed by atoms with Crippen molar-refractivity contribution in [2.24, 2.45) is 4.99 Å². The van der Waals surface area contributed by atoms with Gasteiger partial charge in [-0.15, -0.1) is 0 Å². The molecule has 16 heavy (non-hydrogen) atoms. The lowest BCUT2D eigenvalue weighted by Gasteiger charge is -2.29. The first kappa shape index (κ1) is 14.9. The third-order valence-electron chi connectivity index (χ3n) is 2.04. The van der Waals surface area contributed by atoms with Gasteiger partial charge in [0.05, 0.1) is 13.2 Å². The van der Waals surface area contributed by atoms with Gasteiger partial charge in [0.15, 0.2) is 0 Å². The third-order valence-corrected chi connectivity index (χ3v) is 2.04. The summed E-state index contributed by atoms with van der Waals surface area (Å²) in [6.45, 7) is 15.2. The average Bonchev–Trinajstić information content (AvgIpc) is 2.33. The standard InChI is InChI=1S/C11H18N2O.C2H6/c1-4-5-12-11(10(2)3)13-6-8-14-9-7-13;1-2/h4-5H,2,6-9H2,1,3H3;1-2H3/b5-4-,12-11?;. The van der Waals surface area contributed by atoms with Crippen molar-refractivity contribution in [3.63, 3.8) is 0 Å². The quantitative estimate of drug-likeness (QED) is 0.532. The Bertz CT molecular complexity index is 251. The SMILES string of the molecule is C=C(C)C(=N/C=C\C)N1CCOCC1.CC. The summed E-state index contributed by atoms with van der Waals surface area (Å²) in [5.74, 6) is 0.978. The highest BCUT2D eigenvalue weighted by molar-refractivity contribution is 5.97. The normalized spacial score (nSPS) is 17.0. The van der Waals surface area contributed by atoms with Gasteiger partial charge in [0.2, 0.25) is 0 Å². The summed E-state index contributed by atoms with van der Waals surface area (Å²) in [6, 6.07) is 0. The summed E-state index contributed by atoms with van der Waals surface area (Å²) >= 11 is 0. The van der Waals surface area contributed by atoms with E-state index in [0.29, 0.717) is 0 Å². The van der Waals surface area contributed by atoms with Gasteiger partial charge >= 0.3 is 0 Å². The summed E-state index contributed by atoms with van der Waals surface area (Å²) in [4.78, 5) is 6.59. The Balaban J connectivity index is 0.00000106. The Hall–Kier alpha value is -1.09. The first-order chi connectivity index (χ1) is 7.75. The zero-order valence-corrected chi connectivity index (χ0v) is 11.0. The average molecular weight is 224 g/mol. The smallest absolute Gasteiger partial charge is 0.130 e. The largest absolute Gasteiger partial charge is 0.378 e.